The van der Waals surface area contributed by atoms with Crippen molar-refractivity contribution in [1.29, 1.82) is 0 Å². The summed E-state index contributed by atoms with van der Waals surface area (Å²) in [6.45, 7) is 1.88. The van der Waals surface area contributed by atoms with Crippen LogP contribution in [-0.2, 0) is 9.53 Å². The Bertz CT molecular complexity index is 2250. The summed E-state index contributed by atoms with van der Waals surface area (Å²) >= 11 is 2.19. The largest absolute Gasteiger partial charge is 0.463 e. The van der Waals surface area contributed by atoms with Gasteiger partial charge in [-0.2, -0.15) is 0 Å². The summed E-state index contributed by atoms with van der Waals surface area (Å²) in [5.41, 5.74) is 1.68. The lowest BCUT2D eigenvalue weighted by Gasteiger charge is -2.26. The molecule has 234 valence electrons. The summed E-state index contributed by atoms with van der Waals surface area (Å²) in [4.78, 5) is 53.3. The Morgan fingerprint density at radius 3 is 2.64 bits per heavy atom. The normalized spacial score (nSPS) is 15.3. The van der Waals surface area contributed by atoms with Crippen LogP contribution in [0.4, 0.5) is 5.69 Å². The molecular formula is C33H23N5O7S2. The van der Waals surface area contributed by atoms with Gasteiger partial charge in [0.05, 0.1) is 38.3 Å². The number of carbonyl (C=O) groups excluding carboxylic acids is 1. The van der Waals surface area contributed by atoms with Gasteiger partial charge < -0.3 is 14.2 Å². The van der Waals surface area contributed by atoms with Crippen LogP contribution in [0.25, 0.3) is 11.8 Å². The summed E-state index contributed by atoms with van der Waals surface area (Å²) in [6, 6.07) is 19.9. The third kappa shape index (κ3) is 5.79. The zero-order valence-electron chi connectivity index (χ0n) is 24.6. The third-order valence-electron chi connectivity index (χ3n) is 7.31. The van der Waals surface area contributed by atoms with E-state index in [0.29, 0.717) is 48.7 Å². The zero-order valence-corrected chi connectivity index (χ0v) is 26.2. The van der Waals surface area contributed by atoms with E-state index in [4.69, 9.17) is 19.2 Å². The number of benzene rings is 3. The van der Waals surface area contributed by atoms with E-state index in [2.05, 4.69) is 9.97 Å². The van der Waals surface area contributed by atoms with E-state index in [1.807, 2.05) is 30.3 Å². The molecule has 5 aromatic rings. The van der Waals surface area contributed by atoms with Crippen LogP contribution in [0, 0.1) is 10.1 Å². The minimum Gasteiger partial charge on any atom is -0.463 e. The molecule has 7 rings (SSSR count). The second-order valence-corrected chi connectivity index (χ2v) is 12.2. The predicted molar refractivity (Wildman–Crippen MR) is 173 cm³/mol. The molecule has 2 aromatic heterocycles. The number of nitro groups is 1. The van der Waals surface area contributed by atoms with Gasteiger partial charge in [0.25, 0.3) is 11.2 Å². The minimum atomic E-state index is -0.920. The number of thiazole rings is 1. The zero-order chi connectivity index (χ0) is 32.5. The smallest absolute Gasteiger partial charge is 0.338 e. The fourth-order valence-electron chi connectivity index (χ4n) is 5.28. The molecule has 0 unspecified atom stereocenters. The molecular weight excluding hydrogens is 643 g/mol. The van der Waals surface area contributed by atoms with Crippen LogP contribution in [0.5, 0.6) is 11.5 Å². The van der Waals surface area contributed by atoms with Gasteiger partial charge in [0, 0.05) is 24.0 Å². The molecule has 1 atom stereocenters. The van der Waals surface area contributed by atoms with Crippen LogP contribution in [0.2, 0.25) is 0 Å². The quantitative estimate of drug-likeness (QED) is 0.100. The molecule has 4 heterocycles. The maximum atomic E-state index is 14.2. The first-order chi connectivity index (χ1) is 22.9. The molecule has 0 radical (unpaired) electrons. The second-order valence-electron chi connectivity index (χ2n) is 10.2. The number of nitro benzene ring substituents is 1. The van der Waals surface area contributed by atoms with Crippen LogP contribution in [0.1, 0.15) is 29.7 Å². The van der Waals surface area contributed by atoms with Crippen LogP contribution >= 0.6 is 23.1 Å². The first-order valence-corrected chi connectivity index (χ1v) is 16.0. The average molecular weight is 666 g/mol. The number of esters is 1. The molecule has 0 spiro atoms. The Hall–Kier alpha value is -5.60. The molecule has 47 heavy (non-hydrogen) atoms. The number of rotatable bonds is 8. The highest BCUT2D eigenvalue weighted by Crippen LogP contribution is 2.40. The predicted octanol–water partition coefficient (Wildman–Crippen LogP) is 4.51. The molecule has 0 bridgehead atoms. The molecule has 3 aromatic carbocycles. The van der Waals surface area contributed by atoms with E-state index >= 15 is 0 Å². The fraction of sp³-hybridized carbons (Fsp3) is 0.121. The highest BCUT2D eigenvalue weighted by molar-refractivity contribution is 7.99. The van der Waals surface area contributed by atoms with Crippen LogP contribution in [-0.4, -0.2) is 38.8 Å². The highest BCUT2D eigenvalue weighted by atomic mass is 32.2. The lowest BCUT2D eigenvalue weighted by Crippen LogP contribution is -2.40. The summed E-state index contributed by atoms with van der Waals surface area (Å²) in [6.07, 6.45) is 4.70. The topological polar surface area (TPSA) is 148 Å². The van der Waals surface area contributed by atoms with Gasteiger partial charge in [0.2, 0.25) is 6.79 Å². The van der Waals surface area contributed by atoms with Crippen molar-refractivity contribution in [2.75, 3.05) is 13.4 Å². The molecule has 0 aliphatic carbocycles. The number of hydrogen-bond donors (Lipinski definition) is 0. The molecule has 14 heteroatoms. The van der Waals surface area contributed by atoms with Gasteiger partial charge in [-0.05, 0) is 60.2 Å². The van der Waals surface area contributed by atoms with Crippen molar-refractivity contribution in [3.63, 3.8) is 0 Å². The Morgan fingerprint density at radius 1 is 1.09 bits per heavy atom. The lowest BCUT2D eigenvalue weighted by atomic mass is 9.93. The van der Waals surface area contributed by atoms with E-state index in [9.17, 15) is 19.7 Å². The maximum absolute atomic E-state index is 14.2. The molecule has 0 N–H and O–H groups in total. The van der Waals surface area contributed by atoms with Crippen molar-refractivity contribution in [2.24, 2.45) is 4.99 Å². The molecule has 2 aliphatic rings. The van der Waals surface area contributed by atoms with E-state index < -0.39 is 22.5 Å². The van der Waals surface area contributed by atoms with Crippen molar-refractivity contribution in [2.45, 2.75) is 23.0 Å². The van der Waals surface area contributed by atoms with Crippen molar-refractivity contribution >= 4 is 46.5 Å². The van der Waals surface area contributed by atoms with E-state index in [-0.39, 0.29) is 29.2 Å². The summed E-state index contributed by atoms with van der Waals surface area (Å²) in [5, 5.41) is 12.4. The summed E-state index contributed by atoms with van der Waals surface area (Å²) in [5.74, 6) is 0.420. The van der Waals surface area contributed by atoms with Gasteiger partial charge >= 0.3 is 5.97 Å². The molecule has 0 saturated carbocycles. The number of nitrogens with zero attached hydrogens (tertiary/aromatic N) is 5. The molecule has 0 saturated heterocycles. The van der Waals surface area contributed by atoms with Crippen LogP contribution in [0.15, 0.2) is 111 Å². The Kier molecular flexibility index (Phi) is 8.10. The monoisotopic (exact) mass is 665 g/mol. The standard InChI is InChI=1S/C33H23N5O7S2/c1-2-43-31(40)27-28(20-7-4-3-5-8-20)36-33-37(29(27)21-10-11-23-24(17-21)45-18-44-23)30(39)26(47-33)16-19-9-12-25(22(15-19)38(41)42)46-32-34-13-6-14-35-32/h3-17,29H,2,18H2,1H3/b26-16+/t29-/m0/s1. The van der Waals surface area contributed by atoms with Gasteiger partial charge in [0.1, 0.15) is 0 Å². The molecule has 2 aliphatic heterocycles. The van der Waals surface area contributed by atoms with Gasteiger partial charge in [-0.3, -0.25) is 19.5 Å². The summed E-state index contributed by atoms with van der Waals surface area (Å²) < 4.78 is 18.4. The van der Waals surface area contributed by atoms with E-state index in [1.165, 1.54) is 10.6 Å². The second kappa shape index (κ2) is 12.7. The minimum absolute atomic E-state index is 0.0548. The highest BCUT2D eigenvalue weighted by Gasteiger charge is 2.36. The van der Waals surface area contributed by atoms with Crippen molar-refractivity contribution in [1.82, 2.24) is 14.5 Å². The fourth-order valence-corrected chi connectivity index (χ4v) is 7.08. The number of fused-ring (bicyclic) bond motifs is 2. The first-order valence-electron chi connectivity index (χ1n) is 14.3. The van der Waals surface area contributed by atoms with Crippen molar-refractivity contribution in [3.05, 3.63) is 137 Å². The maximum Gasteiger partial charge on any atom is 0.338 e. The molecule has 0 amide bonds. The Morgan fingerprint density at radius 2 is 1.87 bits per heavy atom. The summed E-state index contributed by atoms with van der Waals surface area (Å²) in [7, 11) is 0. The van der Waals surface area contributed by atoms with Crippen molar-refractivity contribution < 1.29 is 23.9 Å². The average Bonchev–Trinajstić information content (AvgIpc) is 3.69. The van der Waals surface area contributed by atoms with E-state index in [0.717, 1.165) is 23.1 Å². The SMILES string of the molecule is CCOC(=O)C1=C(c2ccccc2)N=c2s/c(=C/c3ccc(Sc4ncccn4)c([N+](=O)[O-])c3)c(=O)n2[C@H]1c1ccc2c(c1)OCO2. The molecule has 0 fully saturated rings. The lowest BCUT2D eigenvalue weighted by molar-refractivity contribution is -0.387. The van der Waals surface area contributed by atoms with E-state index in [1.54, 1.807) is 61.8 Å². The number of hydrogen-bond acceptors (Lipinski definition) is 12. The van der Waals surface area contributed by atoms with Gasteiger partial charge in [-0.15, -0.1) is 0 Å². The van der Waals surface area contributed by atoms with Crippen molar-refractivity contribution in [3.8, 4) is 11.5 Å². The van der Waals surface area contributed by atoms with Gasteiger partial charge in [0.15, 0.2) is 21.5 Å². The van der Waals surface area contributed by atoms with Gasteiger partial charge in [-0.1, -0.05) is 53.8 Å². The van der Waals surface area contributed by atoms with Gasteiger partial charge in [-0.25, -0.2) is 19.8 Å². The number of aromatic nitrogens is 3. The third-order valence-corrected chi connectivity index (χ3v) is 9.25. The number of carbonyl (C=O) groups is 1. The first kappa shape index (κ1) is 30.1. The Labute approximate surface area is 274 Å². The van der Waals surface area contributed by atoms with Crippen LogP contribution in [0.3, 0.4) is 0 Å². The van der Waals surface area contributed by atoms with Crippen LogP contribution < -0.4 is 24.4 Å². The molecule has 12 nitrogen and oxygen atoms in total. The number of ether oxygens (including phenoxy) is 3. The Balaban J connectivity index is 1.41.